The van der Waals surface area contributed by atoms with Crippen molar-refractivity contribution < 1.29 is 9.59 Å². The molecule has 1 heterocycles. The van der Waals surface area contributed by atoms with E-state index in [2.05, 4.69) is 6.92 Å². The Morgan fingerprint density at radius 3 is 2.83 bits per heavy atom. The number of carbonyl (C=O) groups excluding carboxylic acids is 2. The minimum atomic E-state index is 0.163. The predicted octanol–water partition coefficient (Wildman–Crippen LogP) is 2.34. The fraction of sp³-hybridized carbons (Fsp3) is 0.571. The summed E-state index contributed by atoms with van der Waals surface area (Å²) in [5.74, 6) is 0.163. The number of nitrogens with zero attached hydrogens (tertiary/aromatic N) is 2. The van der Waals surface area contributed by atoms with Gasteiger partial charge < -0.3 is 9.47 Å². The Kier molecular flexibility index (Phi) is 6.19. The number of aromatic nitrogens is 1. The van der Waals surface area contributed by atoms with Gasteiger partial charge in [0.1, 0.15) is 0 Å². The second-order valence-electron chi connectivity index (χ2n) is 4.32. The van der Waals surface area contributed by atoms with Crippen LogP contribution in [0.15, 0.2) is 18.3 Å². The van der Waals surface area contributed by atoms with Crippen LogP contribution in [0.4, 0.5) is 0 Å². The largest absolute Gasteiger partial charge is 0.345 e. The van der Waals surface area contributed by atoms with Crippen molar-refractivity contribution in [3.05, 3.63) is 24.0 Å². The van der Waals surface area contributed by atoms with E-state index in [9.17, 15) is 9.59 Å². The molecule has 18 heavy (non-hydrogen) atoms. The van der Waals surface area contributed by atoms with Crippen LogP contribution in [-0.2, 0) is 11.3 Å². The molecule has 0 aliphatic carbocycles. The molecule has 1 amide bonds. The van der Waals surface area contributed by atoms with Gasteiger partial charge in [0.2, 0.25) is 5.91 Å². The Bertz CT molecular complexity index is 385. The van der Waals surface area contributed by atoms with E-state index in [1.807, 2.05) is 28.7 Å². The molecule has 100 valence electrons. The summed E-state index contributed by atoms with van der Waals surface area (Å²) in [4.78, 5) is 24.6. The Morgan fingerprint density at radius 2 is 2.22 bits per heavy atom. The molecule has 0 atom stereocenters. The molecule has 1 rings (SSSR count). The first-order chi connectivity index (χ1) is 8.72. The highest BCUT2D eigenvalue weighted by molar-refractivity contribution is 5.76. The summed E-state index contributed by atoms with van der Waals surface area (Å²) >= 11 is 0. The maximum atomic E-state index is 12.0. The lowest BCUT2D eigenvalue weighted by Gasteiger charge is -2.20. The van der Waals surface area contributed by atoms with E-state index >= 15 is 0 Å². The Labute approximate surface area is 109 Å². The molecule has 0 spiro atoms. The number of carbonyl (C=O) groups is 2. The molecule has 0 saturated heterocycles. The molecular weight excluding hydrogens is 228 g/mol. The number of aryl methyl sites for hydroxylation is 1. The second-order valence-corrected chi connectivity index (χ2v) is 4.32. The molecule has 1 aromatic heterocycles. The average Bonchev–Trinajstić information content (AvgIpc) is 2.84. The van der Waals surface area contributed by atoms with Gasteiger partial charge in [-0.05, 0) is 25.5 Å². The summed E-state index contributed by atoms with van der Waals surface area (Å²) in [6.45, 7) is 6.28. The van der Waals surface area contributed by atoms with Crippen molar-refractivity contribution in [2.24, 2.45) is 0 Å². The molecule has 0 aliphatic heterocycles. The van der Waals surface area contributed by atoms with Crippen LogP contribution in [0.3, 0.4) is 0 Å². The third-order valence-electron chi connectivity index (χ3n) is 3.07. The highest BCUT2D eigenvalue weighted by Gasteiger charge is 2.11. The van der Waals surface area contributed by atoms with Crippen LogP contribution >= 0.6 is 0 Å². The molecule has 0 saturated carbocycles. The number of aldehydes is 1. The molecular formula is C14H22N2O2. The van der Waals surface area contributed by atoms with Gasteiger partial charge in [-0.15, -0.1) is 0 Å². The van der Waals surface area contributed by atoms with Crippen molar-refractivity contribution in [2.75, 3.05) is 13.1 Å². The molecule has 0 fully saturated rings. The fourth-order valence-electron chi connectivity index (χ4n) is 1.92. The Hall–Kier alpha value is -1.58. The zero-order valence-electron chi connectivity index (χ0n) is 11.3. The van der Waals surface area contributed by atoms with Crippen molar-refractivity contribution in [2.45, 2.75) is 39.7 Å². The summed E-state index contributed by atoms with van der Waals surface area (Å²) in [6, 6.07) is 3.58. The highest BCUT2D eigenvalue weighted by Crippen LogP contribution is 2.04. The van der Waals surface area contributed by atoms with Gasteiger partial charge in [0.25, 0.3) is 0 Å². The summed E-state index contributed by atoms with van der Waals surface area (Å²) in [7, 11) is 0. The normalized spacial score (nSPS) is 10.3. The van der Waals surface area contributed by atoms with E-state index in [-0.39, 0.29) is 5.91 Å². The maximum Gasteiger partial charge on any atom is 0.224 e. The number of unbranched alkanes of at least 4 members (excludes halogenated alkanes) is 1. The van der Waals surface area contributed by atoms with Crippen LogP contribution < -0.4 is 0 Å². The van der Waals surface area contributed by atoms with Gasteiger partial charge in [-0.25, -0.2) is 0 Å². The first-order valence-corrected chi connectivity index (χ1v) is 6.61. The van der Waals surface area contributed by atoms with E-state index in [1.165, 1.54) is 0 Å². The smallest absolute Gasteiger partial charge is 0.224 e. The van der Waals surface area contributed by atoms with Gasteiger partial charge in [-0.1, -0.05) is 13.3 Å². The van der Waals surface area contributed by atoms with Gasteiger partial charge in [-0.2, -0.15) is 0 Å². The van der Waals surface area contributed by atoms with Gasteiger partial charge in [0.15, 0.2) is 6.29 Å². The summed E-state index contributed by atoms with van der Waals surface area (Å²) in [5.41, 5.74) is 0.624. The van der Waals surface area contributed by atoms with Crippen LogP contribution in [-0.4, -0.2) is 34.7 Å². The molecule has 1 aromatic rings. The SMILES string of the molecule is CCCCN(CC)C(=O)CCn1cccc1C=O. The molecule has 4 heteroatoms. The first kappa shape index (κ1) is 14.5. The number of hydrogen-bond donors (Lipinski definition) is 0. The zero-order valence-corrected chi connectivity index (χ0v) is 11.3. The zero-order chi connectivity index (χ0) is 13.4. The number of hydrogen-bond acceptors (Lipinski definition) is 2. The molecule has 0 unspecified atom stereocenters. The highest BCUT2D eigenvalue weighted by atomic mass is 16.2. The summed E-state index contributed by atoms with van der Waals surface area (Å²) in [6.07, 6.45) is 5.24. The molecule has 0 bridgehead atoms. The van der Waals surface area contributed by atoms with E-state index in [4.69, 9.17) is 0 Å². The third-order valence-corrected chi connectivity index (χ3v) is 3.07. The van der Waals surface area contributed by atoms with Gasteiger partial charge in [-0.3, -0.25) is 9.59 Å². The average molecular weight is 250 g/mol. The van der Waals surface area contributed by atoms with Crippen LogP contribution in [0.25, 0.3) is 0 Å². The standard InChI is InChI=1S/C14H22N2O2/c1-3-5-9-15(4-2)14(18)8-11-16-10-6-7-13(16)12-17/h6-7,10,12H,3-5,8-9,11H2,1-2H3. The quantitative estimate of drug-likeness (QED) is 0.665. The van der Waals surface area contributed by atoms with E-state index in [0.717, 1.165) is 32.2 Å². The van der Waals surface area contributed by atoms with Crippen molar-refractivity contribution in [3.63, 3.8) is 0 Å². The van der Waals surface area contributed by atoms with Gasteiger partial charge in [0.05, 0.1) is 5.69 Å². The lowest BCUT2D eigenvalue weighted by atomic mass is 10.3. The molecule has 0 N–H and O–H groups in total. The van der Waals surface area contributed by atoms with Crippen molar-refractivity contribution in [1.29, 1.82) is 0 Å². The number of amides is 1. The lowest BCUT2D eigenvalue weighted by molar-refractivity contribution is -0.131. The second kappa shape index (κ2) is 7.69. The van der Waals surface area contributed by atoms with Crippen LogP contribution in [0.2, 0.25) is 0 Å². The minimum absolute atomic E-state index is 0.163. The van der Waals surface area contributed by atoms with Crippen LogP contribution in [0.5, 0.6) is 0 Å². The molecule has 0 radical (unpaired) electrons. The van der Waals surface area contributed by atoms with Crippen molar-refractivity contribution >= 4 is 12.2 Å². The monoisotopic (exact) mass is 250 g/mol. The predicted molar refractivity (Wildman–Crippen MR) is 71.6 cm³/mol. The molecule has 0 aromatic carbocycles. The fourth-order valence-corrected chi connectivity index (χ4v) is 1.92. The van der Waals surface area contributed by atoms with E-state index in [1.54, 1.807) is 6.07 Å². The van der Waals surface area contributed by atoms with Crippen LogP contribution in [0, 0.1) is 0 Å². The Balaban J connectivity index is 2.46. The maximum absolute atomic E-state index is 12.0. The first-order valence-electron chi connectivity index (χ1n) is 6.61. The Morgan fingerprint density at radius 1 is 1.44 bits per heavy atom. The molecule has 4 nitrogen and oxygen atoms in total. The number of rotatable bonds is 8. The van der Waals surface area contributed by atoms with E-state index in [0.29, 0.717) is 18.7 Å². The minimum Gasteiger partial charge on any atom is -0.345 e. The summed E-state index contributed by atoms with van der Waals surface area (Å²) < 4.78 is 1.82. The summed E-state index contributed by atoms with van der Waals surface area (Å²) in [5, 5.41) is 0. The van der Waals surface area contributed by atoms with Crippen molar-refractivity contribution in [3.8, 4) is 0 Å². The van der Waals surface area contributed by atoms with Crippen molar-refractivity contribution in [1.82, 2.24) is 9.47 Å². The van der Waals surface area contributed by atoms with Gasteiger partial charge >= 0.3 is 0 Å². The lowest BCUT2D eigenvalue weighted by Crippen LogP contribution is -2.32. The molecule has 0 aliphatic rings. The third kappa shape index (κ3) is 4.02. The van der Waals surface area contributed by atoms with Gasteiger partial charge in [0, 0.05) is 32.3 Å². The van der Waals surface area contributed by atoms with Crippen LogP contribution in [0.1, 0.15) is 43.6 Å². The topological polar surface area (TPSA) is 42.3 Å². The van der Waals surface area contributed by atoms with E-state index < -0.39 is 0 Å².